The molecular weight excluding hydrogens is 260 g/mol. The molecule has 0 aliphatic heterocycles. The molecule has 0 nitrogen and oxygen atoms in total. The van der Waals surface area contributed by atoms with Crippen LogP contribution in [0.1, 0.15) is 17.9 Å². The third-order valence-corrected chi connectivity index (χ3v) is 4.07. The zero-order chi connectivity index (χ0) is 14.0. The summed E-state index contributed by atoms with van der Waals surface area (Å²) in [6, 6.07) is 21.1. The second-order valence-electron chi connectivity index (χ2n) is 4.59. The molecule has 0 spiro atoms. The van der Waals surface area contributed by atoms with Crippen LogP contribution in [0.25, 0.3) is 0 Å². The molecule has 102 valence electrons. The van der Waals surface area contributed by atoms with E-state index in [0.29, 0.717) is 5.92 Å². The maximum Gasteiger partial charge on any atom is 0.0161 e. The molecular formula is C19H20S. The van der Waals surface area contributed by atoms with Crippen molar-refractivity contribution in [2.24, 2.45) is 0 Å². The molecule has 0 N–H and O–H groups in total. The van der Waals surface area contributed by atoms with Crippen molar-refractivity contribution in [3.63, 3.8) is 0 Å². The smallest absolute Gasteiger partial charge is 0.0161 e. The summed E-state index contributed by atoms with van der Waals surface area (Å²) in [5, 5.41) is 0. The number of allylic oxidation sites excluding steroid dienone is 2. The molecule has 0 heterocycles. The van der Waals surface area contributed by atoms with Gasteiger partial charge in [0.15, 0.2) is 0 Å². The monoisotopic (exact) mass is 280 g/mol. The lowest BCUT2D eigenvalue weighted by Crippen LogP contribution is -1.93. The number of thioether (sulfide) groups is 1. The van der Waals surface area contributed by atoms with Crippen LogP contribution >= 0.6 is 11.8 Å². The van der Waals surface area contributed by atoms with Crippen molar-refractivity contribution in [1.29, 1.82) is 0 Å². The van der Waals surface area contributed by atoms with Gasteiger partial charge in [0, 0.05) is 16.6 Å². The second kappa shape index (κ2) is 8.44. The summed E-state index contributed by atoms with van der Waals surface area (Å²) in [5.74, 6) is 1.44. The van der Waals surface area contributed by atoms with Gasteiger partial charge in [-0.3, -0.25) is 0 Å². The molecule has 0 radical (unpaired) electrons. The predicted octanol–water partition coefficient (Wildman–Crippen LogP) is 5.69. The number of hydrogen-bond donors (Lipinski definition) is 0. The molecule has 2 rings (SSSR count). The van der Waals surface area contributed by atoms with Gasteiger partial charge in [0.1, 0.15) is 0 Å². The molecule has 0 saturated carbocycles. The highest BCUT2D eigenvalue weighted by molar-refractivity contribution is 7.99. The first kappa shape index (κ1) is 14.7. The van der Waals surface area contributed by atoms with E-state index in [0.717, 1.165) is 12.2 Å². The van der Waals surface area contributed by atoms with Crippen LogP contribution in [0.2, 0.25) is 0 Å². The molecule has 0 bridgehead atoms. The average Bonchev–Trinajstić information content (AvgIpc) is 2.52. The topological polar surface area (TPSA) is 0 Å². The van der Waals surface area contributed by atoms with Crippen LogP contribution in [-0.2, 0) is 0 Å². The van der Waals surface area contributed by atoms with E-state index in [1.54, 1.807) is 0 Å². The first-order chi connectivity index (χ1) is 9.90. The van der Waals surface area contributed by atoms with Crippen molar-refractivity contribution in [3.05, 3.63) is 91.0 Å². The van der Waals surface area contributed by atoms with E-state index in [4.69, 9.17) is 0 Å². The van der Waals surface area contributed by atoms with Gasteiger partial charge >= 0.3 is 0 Å². The molecule has 0 aliphatic rings. The van der Waals surface area contributed by atoms with Crippen molar-refractivity contribution in [1.82, 2.24) is 0 Å². The lowest BCUT2D eigenvalue weighted by atomic mass is 9.95. The maximum absolute atomic E-state index is 3.86. The van der Waals surface area contributed by atoms with Crippen molar-refractivity contribution in [2.45, 2.75) is 17.2 Å². The van der Waals surface area contributed by atoms with Gasteiger partial charge < -0.3 is 0 Å². The molecule has 0 aromatic heterocycles. The van der Waals surface area contributed by atoms with Gasteiger partial charge in [-0.2, -0.15) is 0 Å². The van der Waals surface area contributed by atoms with Crippen molar-refractivity contribution >= 4 is 11.8 Å². The highest BCUT2D eigenvalue weighted by Gasteiger charge is 2.04. The van der Waals surface area contributed by atoms with Gasteiger partial charge in [-0.1, -0.05) is 66.8 Å². The Morgan fingerprint density at radius 2 is 1.60 bits per heavy atom. The first-order valence-corrected chi connectivity index (χ1v) is 7.89. The minimum Gasteiger partial charge on any atom is -0.122 e. The van der Waals surface area contributed by atoms with Crippen LogP contribution in [0.3, 0.4) is 0 Å². The summed E-state index contributed by atoms with van der Waals surface area (Å²) in [6.07, 6.45) is 7.54. The minimum atomic E-state index is 0.435. The number of hydrogen-bond acceptors (Lipinski definition) is 1. The third-order valence-electron chi connectivity index (χ3n) is 3.11. The highest BCUT2D eigenvalue weighted by Crippen LogP contribution is 2.23. The number of rotatable bonds is 7. The van der Waals surface area contributed by atoms with E-state index in [1.165, 1.54) is 10.5 Å². The van der Waals surface area contributed by atoms with E-state index in [1.807, 2.05) is 17.8 Å². The van der Waals surface area contributed by atoms with Gasteiger partial charge in [0.05, 0.1) is 0 Å². The second-order valence-corrected chi connectivity index (χ2v) is 5.69. The fourth-order valence-corrected chi connectivity index (χ4v) is 2.84. The standard InChI is InChI=1S/C19H20S/c1-2-10-17(18-11-5-3-6-12-18)13-9-16-20-19-14-7-4-8-15-19/h2-9,11-15,17H,1,10,16H2/b13-9+. The fourth-order valence-electron chi connectivity index (χ4n) is 2.09. The van der Waals surface area contributed by atoms with Crippen LogP contribution < -0.4 is 0 Å². The molecule has 0 amide bonds. The molecule has 1 heteroatoms. The van der Waals surface area contributed by atoms with Crippen molar-refractivity contribution < 1.29 is 0 Å². The zero-order valence-electron chi connectivity index (χ0n) is 11.6. The van der Waals surface area contributed by atoms with Crippen LogP contribution in [0.5, 0.6) is 0 Å². The van der Waals surface area contributed by atoms with Crippen LogP contribution in [-0.4, -0.2) is 5.75 Å². The van der Waals surface area contributed by atoms with Crippen molar-refractivity contribution in [3.8, 4) is 0 Å². The fraction of sp³-hybridized carbons (Fsp3) is 0.158. The van der Waals surface area contributed by atoms with Gasteiger partial charge in [-0.05, 0) is 24.1 Å². The molecule has 20 heavy (non-hydrogen) atoms. The van der Waals surface area contributed by atoms with Crippen LogP contribution in [0.15, 0.2) is 90.4 Å². The normalized spacial score (nSPS) is 12.4. The van der Waals surface area contributed by atoms with E-state index in [9.17, 15) is 0 Å². The summed E-state index contributed by atoms with van der Waals surface area (Å²) in [5.41, 5.74) is 1.35. The van der Waals surface area contributed by atoms with Gasteiger partial charge in [-0.15, -0.1) is 18.3 Å². The Morgan fingerprint density at radius 1 is 0.950 bits per heavy atom. The molecule has 1 atom stereocenters. The molecule has 0 fully saturated rings. The Morgan fingerprint density at radius 3 is 2.25 bits per heavy atom. The Labute approximate surface area is 126 Å². The molecule has 0 saturated heterocycles. The summed E-state index contributed by atoms with van der Waals surface area (Å²) in [7, 11) is 0. The minimum absolute atomic E-state index is 0.435. The van der Waals surface area contributed by atoms with E-state index in [-0.39, 0.29) is 0 Å². The molecule has 2 aromatic rings. The first-order valence-electron chi connectivity index (χ1n) is 6.90. The van der Waals surface area contributed by atoms with Crippen LogP contribution in [0.4, 0.5) is 0 Å². The van der Waals surface area contributed by atoms with E-state index < -0.39 is 0 Å². The maximum atomic E-state index is 3.86. The van der Waals surface area contributed by atoms with Gasteiger partial charge in [0.2, 0.25) is 0 Å². The predicted molar refractivity (Wildman–Crippen MR) is 90.3 cm³/mol. The Kier molecular flexibility index (Phi) is 6.19. The van der Waals surface area contributed by atoms with Crippen molar-refractivity contribution in [2.75, 3.05) is 5.75 Å². The highest BCUT2D eigenvalue weighted by atomic mass is 32.2. The third kappa shape index (κ3) is 4.75. The average molecular weight is 280 g/mol. The van der Waals surface area contributed by atoms with E-state index in [2.05, 4.69) is 79.4 Å². The van der Waals surface area contributed by atoms with Crippen LogP contribution in [0, 0.1) is 0 Å². The Hall–Kier alpha value is -1.73. The van der Waals surface area contributed by atoms with Gasteiger partial charge in [0.25, 0.3) is 0 Å². The summed E-state index contributed by atoms with van der Waals surface area (Å²) in [4.78, 5) is 1.32. The largest absolute Gasteiger partial charge is 0.122 e. The molecule has 1 unspecified atom stereocenters. The number of benzene rings is 2. The quantitative estimate of drug-likeness (QED) is 0.463. The zero-order valence-corrected chi connectivity index (χ0v) is 12.4. The Bertz CT molecular complexity index is 528. The van der Waals surface area contributed by atoms with E-state index >= 15 is 0 Å². The summed E-state index contributed by atoms with van der Waals surface area (Å²) >= 11 is 1.86. The Balaban J connectivity index is 1.91. The molecule has 0 aliphatic carbocycles. The lowest BCUT2D eigenvalue weighted by molar-refractivity contribution is 0.864. The lowest BCUT2D eigenvalue weighted by Gasteiger charge is -2.10. The molecule has 2 aromatic carbocycles. The summed E-state index contributed by atoms with van der Waals surface area (Å²) in [6.45, 7) is 3.86. The SMILES string of the molecule is C=CCC(/C=C/CSc1ccccc1)c1ccccc1. The summed E-state index contributed by atoms with van der Waals surface area (Å²) < 4.78 is 0. The van der Waals surface area contributed by atoms with Gasteiger partial charge in [-0.25, -0.2) is 0 Å².